The lowest BCUT2D eigenvalue weighted by Crippen LogP contribution is -2.31. The molecule has 3 aromatic rings. The third-order valence-corrected chi connectivity index (χ3v) is 6.30. The van der Waals surface area contributed by atoms with Crippen molar-refractivity contribution >= 4 is 46.4 Å². The Kier molecular flexibility index (Phi) is 5.50. The molecule has 0 N–H and O–H groups in total. The van der Waals surface area contributed by atoms with E-state index in [1.165, 1.54) is 36.0 Å². The van der Waals surface area contributed by atoms with Crippen LogP contribution in [0.4, 0.5) is 10.1 Å². The van der Waals surface area contributed by atoms with Gasteiger partial charge in [0, 0.05) is 9.92 Å². The van der Waals surface area contributed by atoms with Gasteiger partial charge in [-0.3, -0.25) is 9.59 Å². The average molecular weight is 438 g/mol. The Balaban J connectivity index is 1.83. The first kappa shape index (κ1) is 20.4. The predicted molar refractivity (Wildman–Crippen MR) is 119 cm³/mol. The molecular formula is C24H17ClFNO2S. The van der Waals surface area contributed by atoms with Crippen molar-refractivity contribution < 1.29 is 14.0 Å². The normalized spacial score (nSPS) is 14.1. The van der Waals surface area contributed by atoms with Crippen LogP contribution in [0.2, 0.25) is 5.02 Å². The molecule has 1 aliphatic heterocycles. The van der Waals surface area contributed by atoms with Gasteiger partial charge in [-0.2, -0.15) is 0 Å². The van der Waals surface area contributed by atoms with Gasteiger partial charge >= 0.3 is 0 Å². The number of amides is 2. The first-order valence-corrected chi connectivity index (χ1v) is 10.4. The third kappa shape index (κ3) is 3.78. The molecule has 4 rings (SSSR count). The highest BCUT2D eigenvalue weighted by Crippen LogP contribution is 2.41. The lowest BCUT2D eigenvalue weighted by atomic mass is 10.0. The summed E-state index contributed by atoms with van der Waals surface area (Å²) in [4.78, 5) is 28.9. The molecule has 3 aromatic carbocycles. The van der Waals surface area contributed by atoms with Crippen molar-refractivity contribution in [2.75, 3.05) is 4.90 Å². The number of hydrogen-bond donors (Lipinski definition) is 0. The Hall–Kier alpha value is -2.89. The van der Waals surface area contributed by atoms with Crippen molar-refractivity contribution in [1.82, 2.24) is 0 Å². The molecule has 150 valence electrons. The van der Waals surface area contributed by atoms with Gasteiger partial charge in [0.05, 0.1) is 16.2 Å². The molecule has 6 heteroatoms. The van der Waals surface area contributed by atoms with Gasteiger partial charge in [0.2, 0.25) is 0 Å². The van der Waals surface area contributed by atoms with Crippen molar-refractivity contribution in [1.29, 1.82) is 0 Å². The van der Waals surface area contributed by atoms with Gasteiger partial charge in [0.25, 0.3) is 11.8 Å². The first-order chi connectivity index (χ1) is 14.3. The van der Waals surface area contributed by atoms with E-state index in [0.717, 1.165) is 20.9 Å². The minimum Gasteiger partial charge on any atom is -0.268 e. The number of carbonyl (C=O) groups excluding carboxylic acids is 2. The molecule has 2 amide bonds. The lowest BCUT2D eigenvalue weighted by molar-refractivity contribution is -0.119. The molecule has 0 fully saturated rings. The Morgan fingerprint density at radius 2 is 1.50 bits per heavy atom. The maximum atomic E-state index is 13.4. The Morgan fingerprint density at radius 1 is 0.833 bits per heavy atom. The minimum absolute atomic E-state index is 0.329. The fraction of sp³-hybridized carbons (Fsp3) is 0.0833. The highest BCUT2D eigenvalue weighted by atomic mass is 35.5. The minimum atomic E-state index is -0.434. The first-order valence-electron chi connectivity index (χ1n) is 9.25. The molecule has 3 nitrogen and oxygen atoms in total. The molecule has 0 spiro atoms. The fourth-order valence-corrected chi connectivity index (χ4v) is 4.32. The summed E-state index contributed by atoms with van der Waals surface area (Å²) < 4.78 is 13.4. The summed E-state index contributed by atoms with van der Waals surface area (Å²) in [6.45, 7) is 3.95. The van der Waals surface area contributed by atoms with E-state index in [4.69, 9.17) is 11.6 Å². The van der Waals surface area contributed by atoms with E-state index in [9.17, 15) is 14.0 Å². The van der Waals surface area contributed by atoms with Crippen LogP contribution in [0.5, 0.6) is 0 Å². The summed E-state index contributed by atoms with van der Waals surface area (Å²) in [6.07, 6.45) is 0. The summed E-state index contributed by atoms with van der Waals surface area (Å²) >= 11 is 7.19. The van der Waals surface area contributed by atoms with Crippen LogP contribution < -0.4 is 4.90 Å². The second kappa shape index (κ2) is 8.09. The van der Waals surface area contributed by atoms with Crippen LogP contribution in [-0.2, 0) is 9.59 Å². The Bertz CT molecular complexity index is 1190. The number of benzene rings is 3. The van der Waals surface area contributed by atoms with Gasteiger partial charge in [0.15, 0.2) is 0 Å². The highest BCUT2D eigenvalue weighted by molar-refractivity contribution is 8.04. The van der Waals surface area contributed by atoms with Crippen LogP contribution >= 0.6 is 23.4 Å². The Morgan fingerprint density at radius 3 is 2.13 bits per heavy atom. The van der Waals surface area contributed by atoms with Gasteiger partial charge in [0.1, 0.15) is 5.82 Å². The smallest absolute Gasteiger partial charge is 0.268 e. The summed E-state index contributed by atoms with van der Waals surface area (Å²) in [7, 11) is 0. The Labute approximate surface area is 183 Å². The molecule has 0 aromatic heterocycles. The molecule has 1 aliphatic rings. The van der Waals surface area contributed by atoms with Gasteiger partial charge < -0.3 is 0 Å². The summed E-state index contributed by atoms with van der Waals surface area (Å²) in [5, 5.41) is 0.587. The van der Waals surface area contributed by atoms with E-state index >= 15 is 0 Å². The lowest BCUT2D eigenvalue weighted by Gasteiger charge is -2.15. The van der Waals surface area contributed by atoms with Crippen LogP contribution in [-0.4, -0.2) is 11.8 Å². The molecule has 0 atom stereocenters. The van der Waals surface area contributed by atoms with E-state index in [0.29, 0.717) is 26.8 Å². The number of rotatable bonds is 4. The van der Waals surface area contributed by atoms with Crippen LogP contribution in [0.3, 0.4) is 0 Å². The number of thioether (sulfide) groups is 1. The highest BCUT2D eigenvalue weighted by Gasteiger charge is 2.40. The van der Waals surface area contributed by atoms with Crippen LogP contribution in [0.15, 0.2) is 76.5 Å². The van der Waals surface area contributed by atoms with Crippen molar-refractivity contribution in [2.24, 2.45) is 0 Å². The molecule has 0 aliphatic carbocycles. The van der Waals surface area contributed by atoms with Gasteiger partial charge in [-0.1, -0.05) is 41.6 Å². The molecule has 0 radical (unpaired) electrons. The number of imide groups is 1. The van der Waals surface area contributed by atoms with E-state index < -0.39 is 17.6 Å². The van der Waals surface area contributed by atoms with Crippen LogP contribution in [0, 0.1) is 19.7 Å². The number of hydrogen-bond acceptors (Lipinski definition) is 3. The molecule has 0 saturated carbocycles. The summed E-state index contributed by atoms with van der Waals surface area (Å²) in [6, 6.07) is 18.1. The zero-order chi connectivity index (χ0) is 21.4. The van der Waals surface area contributed by atoms with Gasteiger partial charge in [-0.05, 0) is 79.1 Å². The molecule has 0 saturated heterocycles. The van der Waals surface area contributed by atoms with E-state index in [1.807, 2.05) is 32.0 Å². The topological polar surface area (TPSA) is 37.4 Å². The van der Waals surface area contributed by atoms with E-state index in [2.05, 4.69) is 0 Å². The number of halogens is 2. The second-order valence-electron chi connectivity index (χ2n) is 6.98. The van der Waals surface area contributed by atoms with Crippen LogP contribution in [0.25, 0.3) is 5.57 Å². The second-order valence-corrected chi connectivity index (χ2v) is 8.50. The molecule has 30 heavy (non-hydrogen) atoms. The molecule has 0 bridgehead atoms. The third-order valence-electron chi connectivity index (χ3n) is 4.96. The summed E-state index contributed by atoms with van der Waals surface area (Å²) in [5.41, 5.74) is 3.47. The van der Waals surface area contributed by atoms with Crippen molar-refractivity contribution in [3.8, 4) is 0 Å². The van der Waals surface area contributed by atoms with Crippen LogP contribution in [0.1, 0.15) is 16.7 Å². The van der Waals surface area contributed by atoms with Gasteiger partial charge in [-0.25, -0.2) is 9.29 Å². The van der Waals surface area contributed by atoms with Crippen molar-refractivity contribution in [3.63, 3.8) is 0 Å². The monoisotopic (exact) mass is 437 g/mol. The molecule has 0 unspecified atom stereocenters. The zero-order valence-corrected chi connectivity index (χ0v) is 17.9. The SMILES string of the molecule is Cc1ccc(C2=C(Sc3ccc(Cl)cc3)C(=O)N(c3ccc(F)cc3)C2=O)cc1C. The van der Waals surface area contributed by atoms with E-state index in [-0.39, 0.29) is 0 Å². The van der Waals surface area contributed by atoms with Crippen molar-refractivity contribution in [2.45, 2.75) is 18.7 Å². The largest absolute Gasteiger partial charge is 0.272 e. The average Bonchev–Trinajstić information content (AvgIpc) is 2.96. The van der Waals surface area contributed by atoms with Gasteiger partial charge in [-0.15, -0.1) is 0 Å². The number of anilines is 1. The molecule has 1 heterocycles. The number of nitrogens with zero attached hydrogens (tertiary/aromatic N) is 1. The predicted octanol–water partition coefficient (Wildman–Crippen LogP) is 6.17. The zero-order valence-electron chi connectivity index (χ0n) is 16.3. The van der Waals surface area contributed by atoms with E-state index in [1.54, 1.807) is 24.3 Å². The maximum Gasteiger partial charge on any atom is 0.272 e. The van der Waals surface area contributed by atoms with Crippen molar-refractivity contribution in [3.05, 3.63) is 99.2 Å². The standard InChI is InChI=1S/C24H17ClFNO2S/c1-14-3-4-16(13-15(14)2)21-22(30-20-11-5-17(25)6-12-20)24(29)27(23(21)28)19-9-7-18(26)8-10-19/h3-13H,1-2H3. The quantitative estimate of drug-likeness (QED) is 0.458. The number of aryl methyl sites for hydroxylation is 2. The maximum absolute atomic E-state index is 13.4. The summed E-state index contributed by atoms with van der Waals surface area (Å²) in [5.74, 6) is -1.29. The fourth-order valence-electron chi connectivity index (χ4n) is 3.20. The molecular weight excluding hydrogens is 421 g/mol. The number of carbonyl (C=O) groups is 2.